The molecule has 2 aromatic carbocycles. The maximum Gasteiger partial charge on any atom is 0.240 e. The fourth-order valence-corrected chi connectivity index (χ4v) is 5.21. The van der Waals surface area contributed by atoms with Gasteiger partial charge in [-0.3, -0.25) is 24.2 Å². The van der Waals surface area contributed by atoms with Gasteiger partial charge in [-0.2, -0.15) is 5.10 Å². The maximum atomic E-state index is 13.7. The van der Waals surface area contributed by atoms with E-state index in [1.807, 2.05) is 45.0 Å². The lowest BCUT2D eigenvalue weighted by Gasteiger charge is -2.35. The van der Waals surface area contributed by atoms with Crippen LogP contribution in [0.15, 0.2) is 53.6 Å². The summed E-state index contributed by atoms with van der Waals surface area (Å²) in [5, 5.41) is 6.23. The number of hydrogen-bond acceptors (Lipinski definition) is 6. The summed E-state index contributed by atoms with van der Waals surface area (Å²) < 4.78 is 0. The summed E-state index contributed by atoms with van der Waals surface area (Å²) in [7, 11) is 0. The van der Waals surface area contributed by atoms with Gasteiger partial charge in [0, 0.05) is 11.0 Å². The van der Waals surface area contributed by atoms with Gasteiger partial charge in [-0.1, -0.05) is 45.0 Å². The van der Waals surface area contributed by atoms with Gasteiger partial charge < -0.3 is 0 Å². The summed E-state index contributed by atoms with van der Waals surface area (Å²) in [6.45, 7) is 6.92. The first-order valence-corrected chi connectivity index (χ1v) is 11.1. The van der Waals surface area contributed by atoms with Crippen molar-refractivity contribution >= 4 is 35.3 Å². The molecule has 168 valence electrons. The largest absolute Gasteiger partial charge is 0.297 e. The molecule has 0 spiro atoms. The van der Waals surface area contributed by atoms with E-state index in [1.54, 1.807) is 35.5 Å². The highest BCUT2D eigenvalue weighted by Gasteiger charge is 2.66. The van der Waals surface area contributed by atoms with E-state index in [0.29, 0.717) is 11.3 Å². The molecule has 3 heterocycles. The van der Waals surface area contributed by atoms with Gasteiger partial charge in [0.25, 0.3) is 0 Å². The highest BCUT2D eigenvalue weighted by molar-refractivity contribution is 6.24. The van der Waals surface area contributed by atoms with E-state index in [0.717, 1.165) is 11.1 Å². The van der Waals surface area contributed by atoms with Crippen molar-refractivity contribution < 1.29 is 19.2 Å². The molecular weight excluding hydrogens is 418 g/mol. The molecule has 0 bridgehead atoms. The minimum absolute atomic E-state index is 0.0966. The van der Waals surface area contributed by atoms with Crippen molar-refractivity contribution in [2.24, 2.45) is 22.4 Å². The van der Waals surface area contributed by atoms with E-state index in [4.69, 9.17) is 0 Å². The second kappa shape index (κ2) is 7.20. The van der Waals surface area contributed by atoms with Gasteiger partial charge >= 0.3 is 0 Å². The van der Waals surface area contributed by atoms with Crippen molar-refractivity contribution in [3.05, 3.63) is 65.2 Å². The first-order valence-electron chi connectivity index (χ1n) is 11.1. The summed E-state index contributed by atoms with van der Waals surface area (Å²) in [4.78, 5) is 53.9. The number of nitrogens with zero attached hydrogens (tertiary/aromatic N) is 3. The lowest BCUT2D eigenvalue weighted by Crippen LogP contribution is -2.48. The fourth-order valence-electron chi connectivity index (χ4n) is 5.21. The number of rotatable bonds is 3. The Hall–Kier alpha value is -3.61. The summed E-state index contributed by atoms with van der Waals surface area (Å²) in [6.07, 6.45) is 1.70. The van der Waals surface area contributed by atoms with Crippen LogP contribution < -0.4 is 4.90 Å². The zero-order valence-corrected chi connectivity index (χ0v) is 19.0. The number of carbonyl (C=O) groups is 4. The van der Waals surface area contributed by atoms with E-state index < -0.39 is 35.2 Å². The quantitative estimate of drug-likeness (QED) is 0.536. The second-order valence-corrected chi connectivity index (χ2v) is 9.92. The first kappa shape index (κ1) is 21.2. The van der Waals surface area contributed by atoms with E-state index in [9.17, 15) is 19.2 Å². The van der Waals surface area contributed by atoms with Crippen LogP contribution in [0.25, 0.3) is 0 Å². The number of hydrazone groups is 1. The van der Waals surface area contributed by atoms with Crippen LogP contribution in [0.1, 0.15) is 55.2 Å². The third-order valence-electron chi connectivity index (χ3n) is 6.83. The van der Waals surface area contributed by atoms with Crippen LogP contribution in [-0.4, -0.2) is 40.6 Å². The number of ketones is 2. The van der Waals surface area contributed by atoms with Crippen LogP contribution in [-0.2, 0) is 14.4 Å². The Bertz CT molecular complexity index is 1220. The molecular formula is C26H25N3O4. The van der Waals surface area contributed by atoms with Crippen molar-refractivity contribution in [1.29, 1.82) is 0 Å². The molecule has 5 rings (SSSR count). The van der Waals surface area contributed by atoms with Gasteiger partial charge in [0.05, 0.1) is 29.8 Å². The van der Waals surface area contributed by atoms with E-state index in [-0.39, 0.29) is 17.5 Å². The zero-order valence-electron chi connectivity index (χ0n) is 19.0. The van der Waals surface area contributed by atoms with Crippen LogP contribution in [0.5, 0.6) is 0 Å². The summed E-state index contributed by atoms with van der Waals surface area (Å²) in [6, 6.07) is 12.8. The molecule has 0 N–H and O–H groups in total. The molecule has 2 amide bonds. The monoisotopic (exact) mass is 443 g/mol. The molecule has 7 nitrogen and oxygen atoms in total. The SMILES string of the molecule is CC(=O)c1ccc(N2C(=O)[C@@H]3[C@H](C2=O)[C@@H]2c4ccccc4C=NN2[C@@H]3C(=O)C(C)(C)C)cc1. The van der Waals surface area contributed by atoms with Crippen LogP contribution in [0.2, 0.25) is 0 Å². The number of imide groups is 1. The molecule has 0 unspecified atom stereocenters. The molecule has 2 aromatic rings. The van der Waals surface area contributed by atoms with Gasteiger partial charge in [0.1, 0.15) is 6.04 Å². The first-order chi connectivity index (χ1) is 15.6. The lowest BCUT2D eigenvalue weighted by atomic mass is 9.79. The molecule has 0 aromatic heterocycles. The molecule has 33 heavy (non-hydrogen) atoms. The van der Waals surface area contributed by atoms with Crippen molar-refractivity contribution in [3.63, 3.8) is 0 Å². The number of hydrogen-bond donors (Lipinski definition) is 0. The summed E-state index contributed by atoms with van der Waals surface area (Å²) in [5.74, 6) is -2.51. The standard InChI is InChI=1S/C26H25N3O4/c1-14(30)15-9-11-17(12-10-15)28-24(32)19-20(25(28)33)22(23(31)26(2,3)4)29-21(19)18-8-6-5-7-16(18)13-27-29/h5-13,19-22H,1-4H3/t19-,20+,21-,22-/m0/s1. The van der Waals surface area contributed by atoms with Crippen molar-refractivity contribution in [3.8, 4) is 0 Å². The normalized spacial score (nSPS) is 25.7. The Morgan fingerprint density at radius 1 is 0.909 bits per heavy atom. The van der Waals surface area contributed by atoms with Gasteiger partial charge in [-0.05, 0) is 42.3 Å². The molecule has 7 heteroatoms. The predicted octanol–water partition coefficient (Wildman–Crippen LogP) is 3.38. The summed E-state index contributed by atoms with van der Waals surface area (Å²) in [5.41, 5.74) is 1.97. The van der Waals surface area contributed by atoms with Gasteiger partial charge in [-0.15, -0.1) is 0 Å². The van der Waals surface area contributed by atoms with Crippen LogP contribution in [0.3, 0.4) is 0 Å². The van der Waals surface area contributed by atoms with Crippen molar-refractivity contribution in [1.82, 2.24) is 5.01 Å². The predicted molar refractivity (Wildman–Crippen MR) is 123 cm³/mol. The molecule has 4 atom stereocenters. The molecule has 2 fully saturated rings. The highest BCUT2D eigenvalue weighted by Crippen LogP contribution is 2.53. The van der Waals surface area contributed by atoms with Crippen molar-refractivity contribution in [2.45, 2.75) is 39.8 Å². The number of amides is 2. The average molecular weight is 444 g/mol. The Kier molecular flexibility index (Phi) is 4.64. The second-order valence-electron chi connectivity index (χ2n) is 9.92. The van der Waals surface area contributed by atoms with Crippen LogP contribution in [0, 0.1) is 17.3 Å². The molecule has 0 saturated carbocycles. The molecule has 3 aliphatic heterocycles. The van der Waals surface area contributed by atoms with Crippen LogP contribution >= 0.6 is 0 Å². The van der Waals surface area contributed by atoms with Gasteiger partial charge in [-0.25, -0.2) is 4.90 Å². The zero-order chi connectivity index (χ0) is 23.7. The smallest absolute Gasteiger partial charge is 0.240 e. The summed E-state index contributed by atoms with van der Waals surface area (Å²) >= 11 is 0. The minimum atomic E-state index is -0.831. The fraction of sp³-hybridized carbons (Fsp3) is 0.346. The number of Topliss-reactive ketones (excluding diaryl/α,β-unsaturated/α-hetero) is 2. The number of anilines is 1. The van der Waals surface area contributed by atoms with Crippen LogP contribution in [0.4, 0.5) is 5.69 Å². The Morgan fingerprint density at radius 2 is 1.55 bits per heavy atom. The van der Waals surface area contributed by atoms with E-state index >= 15 is 0 Å². The van der Waals surface area contributed by atoms with E-state index in [2.05, 4.69) is 5.10 Å². The van der Waals surface area contributed by atoms with Crippen molar-refractivity contribution in [2.75, 3.05) is 4.90 Å². The third-order valence-corrected chi connectivity index (χ3v) is 6.83. The highest BCUT2D eigenvalue weighted by atomic mass is 16.2. The maximum absolute atomic E-state index is 13.7. The molecule has 0 radical (unpaired) electrons. The molecule has 2 saturated heterocycles. The molecule has 0 aliphatic carbocycles. The Morgan fingerprint density at radius 3 is 2.18 bits per heavy atom. The third kappa shape index (κ3) is 3.06. The van der Waals surface area contributed by atoms with Gasteiger partial charge in [0.15, 0.2) is 11.6 Å². The topological polar surface area (TPSA) is 87.1 Å². The Labute approximate surface area is 192 Å². The van der Waals surface area contributed by atoms with Gasteiger partial charge in [0.2, 0.25) is 11.8 Å². The number of benzene rings is 2. The minimum Gasteiger partial charge on any atom is -0.297 e. The molecule has 3 aliphatic rings. The Balaban J connectivity index is 1.63. The average Bonchev–Trinajstić information content (AvgIpc) is 3.25. The lowest BCUT2D eigenvalue weighted by molar-refractivity contribution is -0.136. The number of carbonyl (C=O) groups excluding carboxylic acids is 4. The van der Waals surface area contributed by atoms with E-state index in [1.165, 1.54) is 11.8 Å². The number of fused-ring (bicyclic) bond motifs is 5.